The Morgan fingerprint density at radius 3 is 2.38 bits per heavy atom. The maximum absolute atomic E-state index is 10.0. The Labute approximate surface area is 76.2 Å². The van der Waals surface area contributed by atoms with E-state index in [1.807, 2.05) is 6.92 Å². The molecule has 1 fully saturated rings. The van der Waals surface area contributed by atoms with Crippen LogP contribution in [0.15, 0.2) is 12.0 Å². The molecule has 74 valence electrons. The van der Waals surface area contributed by atoms with E-state index in [1.54, 1.807) is 13.2 Å². The fourth-order valence-electron chi connectivity index (χ4n) is 0.730. The number of carbonyl (C=O) groups is 1. The largest absolute Gasteiger partial charge is 0.508 e. The van der Waals surface area contributed by atoms with E-state index >= 15 is 0 Å². The first kappa shape index (κ1) is 9.70. The molecule has 0 N–H and O–H groups in total. The van der Waals surface area contributed by atoms with Gasteiger partial charge in [0, 0.05) is 0 Å². The highest BCUT2D eigenvalue weighted by molar-refractivity contribution is 5.61. The van der Waals surface area contributed by atoms with Crippen LogP contribution < -0.4 is 0 Å². The van der Waals surface area contributed by atoms with Crippen LogP contribution in [0.25, 0.3) is 0 Å². The predicted octanol–water partition coefficient (Wildman–Crippen LogP) is 1.39. The third kappa shape index (κ3) is 3.68. The average molecular weight is 188 g/mol. The minimum Gasteiger partial charge on any atom is -0.462 e. The van der Waals surface area contributed by atoms with Gasteiger partial charge in [-0.25, -0.2) is 4.79 Å². The van der Waals surface area contributed by atoms with Crippen molar-refractivity contribution in [3.8, 4) is 0 Å². The molecule has 2 aliphatic rings. The molecule has 2 aliphatic heterocycles. The van der Waals surface area contributed by atoms with Gasteiger partial charge in [-0.1, -0.05) is 0 Å². The van der Waals surface area contributed by atoms with Crippen molar-refractivity contribution in [2.24, 2.45) is 0 Å². The van der Waals surface area contributed by atoms with Gasteiger partial charge < -0.3 is 18.9 Å². The van der Waals surface area contributed by atoms with Gasteiger partial charge in [0.25, 0.3) is 0 Å². The lowest BCUT2D eigenvalue weighted by Crippen LogP contribution is -2.01. The Bertz CT molecular complexity index is 211. The number of carbonyl (C=O) groups excluding carboxylic acids is 1. The summed E-state index contributed by atoms with van der Waals surface area (Å²) in [5, 5.41) is 0. The van der Waals surface area contributed by atoms with Gasteiger partial charge in [-0.3, -0.25) is 0 Å². The molecule has 2 rings (SSSR count). The smallest absolute Gasteiger partial charge is 0.462 e. The first-order valence-electron chi connectivity index (χ1n) is 3.93. The maximum atomic E-state index is 10.0. The molecule has 0 radical (unpaired) electrons. The summed E-state index contributed by atoms with van der Waals surface area (Å²) in [6.07, 6.45) is 1.00. The fraction of sp³-hybridized carbons (Fsp3) is 0.625. The number of hydrogen-bond donors (Lipinski definition) is 0. The van der Waals surface area contributed by atoms with Crippen LogP contribution in [0, 0.1) is 0 Å². The van der Waals surface area contributed by atoms with E-state index in [0.29, 0.717) is 13.4 Å². The van der Waals surface area contributed by atoms with E-state index in [-0.39, 0.29) is 6.10 Å². The highest BCUT2D eigenvalue weighted by atomic mass is 16.8. The van der Waals surface area contributed by atoms with Crippen molar-refractivity contribution in [1.82, 2.24) is 0 Å². The van der Waals surface area contributed by atoms with Crippen LogP contribution in [0.2, 0.25) is 0 Å². The Balaban J connectivity index is 0.000000132. The highest BCUT2D eigenvalue weighted by Crippen LogP contribution is 2.03. The first-order chi connectivity index (χ1) is 6.18. The Hall–Kier alpha value is -1.39. The van der Waals surface area contributed by atoms with Crippen molar-refractivity contribution in [2.75, 3.05) is 13.4 Å². The van der Waals surface area contributed by atoms with Crippen LogP contribution in [0.5, 0.6) is 0 Å². The first-order valence-corrected chi connectivity index (χ1v) is 3.93. The topological polar surface area (TPSA) is 54.0 Å². The molecule has 0 saturated carbocycles. The molecule has 1 saturated heterocycles. The summed E-state index contributed by atoms with van der Waals surface area (Å²) in [6.45, 7) is 4.43. The van der Waals surface area contributed by atoms with Gasteiger partial charge in [-0.05, 0) is 13.8 Å². The summed E-state index contributed by atoms with van der Waals surface area (Å²) in [6, 6.07) is 0. The summed E-state index contributed by atoms with van der Waals surface area (Å²) >= 11 is 0. The Morgan fingerprint density at radius 1 is 1.46 bits per heavy atom. The lowest BCUT2D eigenvalue weighted by atomic mass is 10.5. The van der Waals surface area contributed by atoms with Gasteiger partial charge in [0.2, 0.25) is 6.79 Å². The van der Waals surface area contributed by atoms with Crippen LogP contribution in [0.3, 0.4) is 0 Å². The zero-order valence-corrected chi connectivity index (χ0v) is 7.61. The molecular formula is C8H12O5. The number of rotatable bonds is 0. The Morgan fingerprint density at radius 2 is 2.23 bits per heavy atom. The molecule has 0 aromatic carbocycles. The maximum Gasteiger partial charge on any atom is 0.508 e. The van der Waals surface area contributed by atoms with Crippen LogP contribution in [-0.2, 0) is 18.9 Å². The van der Waals surface area contributed by atoms with Crippen LogP contribution in [-0.4, -0.2) is 25.7 Å². The highest BCUT2D eigenvalue weighted by Gasteiger charge is 2.19. The molecule has 1 unspecified atom stereocenters. The zero-order chi connectivity index (χ0) is 9.68. The fourth-order valence-corrected chi connectivity index (χ4v) is 0.730. The Kier molecular flexibility index (Phi) is 3.42. The minimum absolute atomic E-state index is 0.0486. The van der Waals surface area contributed by atoms with Crippen molar-refractivity contribution >= 4 is 6.16 Å². The minimum atomic E-state index is -0.549. The quantitative estimate of drug-likeness (QED) is 0.538. The van der Waals surface area contributed by atoms with Crippen LogP contribution in [0.4, 0.5) is 4.79 Å². The average Bonchev–Trinajstić information content (AvgIpc) is 2.64. The molecule has 0 aromatic rings. The third-order valence-electron chi connectivity index (χ3n) is 1.34. The van der Waals surface area contributed by atoms with Crippen molar-refractivity contribution < 1.29 is 23.7 Å². The van der Waals surface area contributed by atoms with E-state index in [1.165, 1.54) is 0 Å². The van der Waals surface area contributed by atoms with Crippen molar-refractivity contribution in [3.63, 3.8) is 0 Å². The molecule has 13 heavy (non-hydrogen) atoms. The van der Waals surface area contributed by atoms with Gasteiger partial charge in [0.1, 0.15) is 24.7 Å². The van der Waals surface area contributed by atoms with Gasteiger partial charge in [0.05, 0.1) is 0 Å². The van der Waals surface area contributed by atoms with E-state index in [0.717, 1.165) is 5.76 Å². The molecule has 5 nitrogen and oxygen atoms in total. The molecule has 1 atom stereocenters. The molecule has 0 bridgehead atoms. The third-order valence-corrected chi connectivity index (χ3v) is 1.34. The van der Waals surface area contributed by atoms with Gasteiger partial charge in [0.15, 0.2) is 0 Å². The summed E-state index contributed by atoms with van der Waals surface area (Å²) < 4.78 is 18.4. The summed E-state index contributed by atoms with van der Waals surface area (Å²) in [7, 11) is 0. The SMILES string of the molecule is CC1=COCO1.CC1COC(=O)O1. The second-order valence-corrected chi connectivity index (χ2v) is 2.65. The lowest BCUT2D eigenvalue weighted by molar-refractivity contribution is 0.0813. The van der Waals surface area contributed by atoms with Crippen molar-refractivity contribution in [2.45, 2.75) is 20.0 Å². The van der Waals surface area contributed by atoms with Crippen LogP contribution in [0.1, 0.15) is 13.8 Å². The zero-order valence-electron chi connectivity index (χ0n) is 7.61. The van der Waals surface area contributed by atoms with Crippen molar-refractivity contribution in [1.29, 1.82) is 0 Å². The summed E-state index contributed by atoms with van der Waals surface area (Å²) in [5.41, 5.74) is 0. The molecule has 0 amide bonds. The number of cyclic esters (lactones) is 2. The summed E-state index contributed by atoms with van der Waals surface area (Å²) in [5.74, 6) is 0.856. The molecular weight excluding hydrogens is 176 g/mol. The molecule has 0 spiro atoms. The van der Waals surface area contributed by atoms with Gasteiger partial charge in [-0.2, -0.15) is 0 Å². The second kappa shape index (κ2) is 4.59. The number of allylic oxidation sites excluding steroid dienone is 1. The number of ether oxygens (including phenoxy) is 4. The van der Waals surface area contributed by atoms with Gasteiger partial charge in [-0.15, -0.1) is 0 Å². The molecule has 0 aromatic heterocycles. The van der Waals surface area contributed by atoms with E-state index in [2.05, 4.69) is 14.2 Å². The normalized spacial score (nSPS) is 24.3. The molecule has 2 heterocycles. The predicted molar refractivity (Wildman–Crippen MR) is 42.7 cm³/mol. The van der Waals surface area contributed by atoms with E-state index in [9.17, 15) is 4.79 Å². The standard InChI is InChI=1S/C4H6O3.C4H6O2/c1-3-2-6-4(5)7-3;1-4-2-5-3-6-4/h3H,2H2,1H3;2H,3H2,1H3. The monoisotopic (exact) mass is 188 g/mol. The van der Waals surface area contributed by atoms with E-state index < -0.39 is 6.16 Å². The lowest BCUT2D eigenvalue weighted by Gasteiger charge is -1.90. The van der Waals surface area contributed by atoms with Crippen LogP contribution >= 0.6 is 0 Å². The van der Waals surface area contributed by atoms with Crippen molar-refractivity contribution in [3.05, 3.63) is 12.0 Å². The van der Waals surface area contributed by atoms with Gasteiger partial charge >= 0.3 is 6.16 Å². The molecule has 5 heteroatoms. The molecule has 0 aliphatic carbocycles. The second-order valence-electron chi connectivity index (χ2n) is 2.65. The van der Waals surface area contributed by atoms with E-state index in [4.69, 9.17) is 4.74 Å². The number of hydrogen-bond acceptors (Lipinski definition) is 5. The summed E-state index contributed by atoms with van der Waals surface area (Å²) in [4.78, 5) is 10.0.